The molecular formula is C41H23N5O. The number of aromatic nitrogens is 5. The summed E-state index contributed by atoms with van der Waals surface area (Å²) in [4.78, 5) is 24.5. The minimum Gasteiger partial charge on any atom is -0.438 e. The Morgan fingerprint density at radius 2 is 1.21 bits per heavy atom. The van der Waals surface area contributed by atoms with Crippen molar-refractivity contribution in [2.45, 2.75) is 0 Å². The summed E-state index contributed by atoms with van der Waals surface area (Å²) in [6.45, 7) is 0. The van der Waals surface area contributed by atoms with Crippen molar-refractivity contribution >= 4 is 65.2 Å². The molecule has 10 aromatic rings. The maximum Gasteiger partial charge on any atom is 0.227 e. The van der Waals surface area contributed by atoms with Crippen LogP contribution in [-0.4, -0.2) is 24.9 Å². The molecule has 6 nitrogen and oxygen atoms in total. The SMILES string of the molecule is c1ccc2cc(-c3nc(-c4cc5ccc6ccccc6c5c5cnccc45)nc(-c4cccc5oc6ncccc6c45)n3)ccc2c1. The van der Waals surface area contributed by atoms with E-state index >= 15 is 0 Å². The van der Waals surface area contributed by atoms with Crippen LogP contribution in [0, 0.1) is 0 Å². The molecular weight excluding hydrogens is 578 g/mol. The molecule has 0 aliphatic rings. The highest BCUT2D eigenvalue weighted by Crippen LogP contribution is 2.39. The predicted octanol–water partition coefficient (Wildman–Crippen LogP) is 10.2. The van der Waals surface area contributed by atoms with Gasteiger partial charge < -0.3 is 4.42 Å². The van der Waals surface area contributed by atoms with E-state index < -0.39 is 0 Å². The fourth-order valence-electron chi connectivity index (χ4n) is 6.88. The van der Waals surface area contributed by atoms with Crippen molar-refractivity contribution in [3.63, 3.8) is 0 Å². The Balaban J connectivity index is 1.30. The van der Waals surface area contributed by atoms with E-state index in [9.17, 15) is 0 Å². The van der Waals surface area contributed by atoms with Crippen molar-refractivity contribution in [2.24, 2.45) is 0 Å². The second kappa shape index (κ2) is 9.99. The van der Waals surface area contributed by atoms with Gasteiger partial charge in [0.15, 0.2) is 17.5 Å². The normalized spacial score (nSPS) is 11.8. The lowest BCUT2D eigenvalue weighted by molar-refractivity contribution is 0.654. The lowest BCUT2D eigenvalue weighted by Gasteiger charge is -2.14. The van der Waals surface area contributed by atoms with Crippen molar-refractivity contribution in [3.05, 3.63) is 140 Å². The summed E-state index contributed by atoms with van der Waals surface area (Å²) in [6, 6.07) is 41.7. The van der Waals surface area contributed by atoms with Crippen LogP contribution in [0.2, 0.25) is 0 Å². The van der Waals surface area contributed by atoms with E-state index in [1.165, 1.54) is 16.2 Å². The summed E-state index contributed by atoms with van der Waals surface area (Å²) in [6.07, 6.45) is 5.53. The summed E-state index contributed by atoms with van der Waals surface area (Å²) in [7, 11) is 0. The van der Waals surface area contributed by atoms with Gasteiger partial charge in [0.25, 0.3) is 0 Å². The third kappa shape index (κ3) is 4.02. The molecule has 0 amide bonds. The second-order valence-electron chi connectivity index (χ2n) is 11.7. The fraction of sp³-hybridized carbons (Fsp3) is 0. The van der Waals surface area contributed by atoms with Crippen molar-refractivity contribution in [3.8, 4) is 34.2 Å². The first-order valence-corrected chi connectivity index (χ1v) is 15.5. The molecule has 0 N–H and O–H groups in total. The summed E-state index contributed by atoms with van der Waals surface area (Å²) in [5.74, 6) is 1.75. The number of benzene rings is 6. The minimum atomic E-state index is 0.566. The van der Waals surface area contributed by atoms with Gasteiger partial charge in [0, 0.05) is 51.4 Å². The number of hydrogen-bond acceptors (Lipinski definition) is 6. The first-order chi connectivity index (χ1) is 23.3. The monoisotopic (exact) mass is 601 g/mol. The molecule has 0 radical (unpaired) electrons. The van der Waals surface area contributed by atoms with Crippen LogP contribution in [0.4, 0.5) is 0 Å². The maximum atomic E-state index is 6.14. The van der Waals surface area contributed by atoms with Gasteiger partial charge in [-0.1, -0.05) is 84.9 Å². The summed E-state index contributed by atoms with van der Waals surface area (Å²) < 4.78 is 6.14. The van der Waals surface area contributed by atoms with E-state index in [1.54, 1.807) is 6.20 Å². The molecule has 0 bridgehead atoms. The Morgan fingerprint density at radius 3 is 2.15 bits per heavy atom. The zero-order valence-electron chi connectivity index (χ0n) is 24.9. The minimum absolute atomic E-state index is 0.566. The molecule has 0 saturated carbocycles. The van der Waals surface area contributed by atoms with Gasteiger partial charge in [0.2, 0.25) is 5.71 Å². The van der Waals surface area contributed by atoms with Crippen LogP contribution >= 0.6 is 0 Å². The van der Waals surface area contributed by atoms with Crippen LogP contribution < -0.4 is 0 Å². The first kappa shape index (κ1) is 25.8. The number of rotatable bonds is 3. The Kier molecular flexibility index (Phi) is 5.48. The van der Waals surface area contributed by atoms with Crippen LogP contribution in [0.3, 0.4) is 0 Å². The molecule has 0 unspecified atom stereocenters. The van der Waals surface area contributed by atoms with Crippen molar-refractivity contribution in [2.75, 3.05) is 0 Å². The van der Waals surface area contributed by atoms with Gasteiger partial charge in [-0.05, 0) is 74.1 Å². The second-order valence-corrected chi connectivity index (χ2v) is 11.7. The van der Waals surface area contributed by atoms with E-state index in [1.807, 2.05) is 48.8 Å². The predicted molar refractivity (Wildman–Crippen MR) is 189 cm³/mol. The number of fused-ring (bicyclic) bond motifs is 9. The molecule has 6 heteroatoms. The highest BCUT2D eigenvalue weighted by atomic mass is 16.3. The molecule has 4 aromatic heterocycles. The van der Waals surface area contributed by atoms with E-state index in [4.69, 9.17) is 19.4 Å². The number of furan rings is 1. The highest BCUT2D eigenvalue weighted by molar-refractivity contribution is 6.23. The molecule has 0 spiro atoms. The van der Waals surface area contributed by atoms with Crippen LogP contribution in [0.15, 0.2) is 144 Å². The smallest absolute Gasteiger partial charge is 0.227 e. The zero-order valence-corrected chi connectivity index (χ0v) is 24.9. The lowest BCUT2D eigenvalue weighted by atomic mass is 9.94. The molecule has 4 heterocycles. The van der Waals surface area contributed by atoms with Gasteiger partial charge in [-0.25, -0.2) is 19.9 Å². The molecule has 10 rings (SSSR count). The Labute approximate surface area is 268 Å². The highest BCUT2D eigenvalue weighted by Gasteiger charge is 2.20. The third-order valence-electron chi connectivity index (χ3n) is 9.04. The molecule has 218 valence electrons. The topological polar surface area (TPSA) is 77.6 Å². The summed E-state index contributed by atoms with van der Waals surface area (Å²) in [5, 5.41) is 10.9. The van der Waals surface area contributed by atoms with Crippen LogP contribution in [0.25, 0.3) is 99.3 Å². The molecule has 0 fully saturated rings. The van der Waals surface area contributed by atoms with Crippen molar-refractivity contribution in [1.82, 2.24) is 24.9 Å². The summed E-state index contributed by atoms with van der Waals surface area (Å²) >= 11 is 0. The van der Waals surface area contributed by atoms with Gasteiger partial charge in [-0.3, -0.25) is 4.98 Å². The molecule has 0 aliphatic carbocycles. The standard InChI is InChI=1S/C41H23N5O/c1-2-9-26-21-28(17-14-24(26)7-1)38-44-39(31-11-5-13-35-37(31)32-12-6-19-43-41(32)47-35)46-40(45-38)33-22-27-16-15-25-8-3-4-10-29(25)36(27)34-23-42-20-18-30(33)34/h1-23H. The molecule has 0 aliphatic heterocycles. The Morgan fingerprint density at radius 1 is 0.447 bits per heavy atom. The van der Waals surface area contributed by atoms with Gasteiger partial charge in [-0.2, -0.15) is 0 Å². The number of hydrogen-bond donors (Lipinski definition) is 0. The largest absolute Gasteiger partial charge is 0.438 e. The number of pyridine rings is 2. The first-order valence-electron chi connectivity index (χ1n) is 15.5. The Bertz CT molecular complexity index is 2870. The van der Waals surface area contributed by atoms with E-state index in [2.05, 4.69) is 94.9 Å². The quantitative estimate of drug-likeness (QED) is 0.188. The fourth-order valence-corrected chi connectivity index (χ4v) is 6.88. The third-order valence-corrected chi connectivity index (χ3v) is 9.04. The van der Waals surface area contributed by atoms with Gasteiger partial charge >= 0.3 is 0 Å². The lowest BCUT2D eigenvalue weighted by Crippen LogP contribution is -2.01. The van der Waals surface area contributed by atoms with Gasteiger partial charge in [-0.15, -0.1) is 0 Å². The molecule has 0 atom stereocenters. The van der Waals surface area contributed by atoms with E-state index in [0.29, 0.717) is 23.2 Å². The Hall–Kier alpha value is -6.53. The molecule has 47 heavy (non-hydrogen) atoms. The number of nitrogens with zero attached hydrogens (tertiary/aromatic N) is 5. The molecule has 6 aromatic carbocycles. The summed E-state index contributed by atoms with van der Waals surface area (Å²) in [5.41, 5.74) is 4.01. The van der Waals surface area contributed by atoms with Gasteiger partial charge in [0.05, 0.1) is 0 Å². The molecule has 0 saturated heterocycles. The average molecular weight is 602 g/mol. The van der Waals surface area contributed by atoms with Gasteiger partial charge in [0.1, 0.15) is 5.58 Å². The van der Waals surface area contributed by atoms with Crippen molar-refractivity contribution in [1.29, 1.82) is 0 Å². The van der Waals surface area contributed by atoms with Crippen LogP contribution in [0.1, 0.15) is 0 Å². The van der Waals surface area contributed by atoms with Crippen molar-refractivity contribution < 1.29 is 4.42 Å². The van der Waals surface area contributed by atoms with Crippen LogP contribution in [-0.2, 0) is 0 Å². The van der Waals surface area contributed by atoms with E-state index in [-0.39, 0.29) is 0 Å². The van der Waals surface area contributed by atoms with E-state index in [0.717, 1.165) is 60.0 Å². The zero-order chi connectivity index (χ0) is 30.9. The average Bonchev–Trinajstić information content (AvgIpc) is 3.53. The maximum absolute atomic E-state index is 6.14. The van der Waals surface area contributed by atoms with Crippen LogP contribution in [0.5, 0.6) is 0 Å².